The second-order valence-electron chi connectivity index (χ2n) is 9.94. The standard InChI is InChI=1S/C28H32ClN3O5/c1-19-5-2-3-7-23(19)27(35)32-24(25(33)30-17-22-6-4-16-36-22)18-37-28(32)12-14-31(15-13-28)26(34)20-8-10-21(29)11-9-20/h2-3,5,7-11,22,24H,4,6,12-18H2,1H3,(H,30,33)/t22-,24-/m1/s1. The van der Waals surface area contributed by atoms with Crippen LogP contribution in [-0.2, 0) is 14.3 Å². The molecule has 2 aromatic rings. The molecule has 0 saturated carbocycles. The molecule has 0 radical (unpaired) electrons. The predicted molar refractivity (Wildman–Crippen MR) is 138 cm³/mol. The highest BCUT2D eigenvalue weighted by Gasteiger charge is 2.54. The van der Waals surface area contributed by atoms with Crippen LogP contribution in [0.5, 0.6) is 0 Å². The highest BCUT2D eigenvalue weighted by atomic mass is 35.5. The Morgan fingerprint density at radius 1 is 1.05 bits per heavy atom. The van der Waals surface area contributed by atoms with Crippen molar-refractivity contribution in [3.63, 3.8) is 0 Å². The van der Waals surface area contributed by atoms with E-state index in [0.29, 0.717) is 55.2 Å². The molecule has 3 aliphatic heterocycles. The molecule has 3 fully saturated rings. The molecule has 0 bridgehead atoms. The molecule has 1 N–H and O–H groups in total. The van der Waals surface area contributed by atoms with Crippen molar-refractivity contribution in [1.82, 2.24) is 15.1 Å². The van der Waals surface area contributed by atoms with Gasteiger partial charge in [-0.2, -0.15) is 0 Å². The lowest BCUT2D eigenvalue weighted by atomic mass is 9.95. The molecule has 2 atom stereocenters. The number of likely N-dealkylation sites (tertiary alicyclic amines) is 1. The highest BCUT2D eigenvalue weighted by Crippen LogP contribution is 2.39. The van der Waals surface area contributed by atoms with Gasteiger partial charge in [0.15, 0.2) is 0 Å². The number of hydrogen-bond donors (Lipinski definition) is 1. The van der Waals surface area contributed by atoms with E-state index in [9.17, 15) is 14.4 Å². The molecule has 8 nitrogen and oxygen atoms in total. The van der Waals surface area contributed by atoms with Gasteiger partial charge in [0.2, 0.25) is 5.91 Å². The normalized spacial score (nSPS) is 22.9. The summed E-state index contributed by atoms with van der Waals surface area (Å²) in [5.41, 5.74) is 0.987. The molecular formula is C28H32ClN3O5. The van der Waals surface area contributed by atoms with Crippen LogP contribution in [0.1, 0.15) is 52.0 Å². The lowest BCUT2D eigenvalue weighted by Gasteiger charge is -2.44. The van der Waals surface area contributed by atoms with Crippen LogP contribution < -0.4 is 5.32 Å². The van der Waals surface area contributed by atoms with Gasteiger partial charge in [0.1, 0.15) is 11.8 Å². The van der Waals surface area contributed by atoms with Crippen molar-refractivity contribution < 1.29 is 23.9 Å². The van der Waals surface area contributed by atoms with Crippen LogP contribution >= 0.6 is 11.6 Å². The summed E-state index contributed by atoms with van der Waals surface area (Å²) in [4.78, 5) is 43.7. The zero-order valence-corrected chi connectivity index (χ0v) is 21.7. The fraction of sp³-hybridized carbons (Fsp3) is 0.464. The minimum Gasteiger partial charge on any atom is -0.376 e. The Morgan fingerprint density at radius 2 is 1.78 bits per heavy atom. The average molecular weight is 526 g/mol. The quantitative estimate of drug-likeness (QED) is 0.646. The highest BCUT2D eigenvalue weighted by molar-refractivity contribution is 6.30. The van der Waals surface area contributed by atoms with Gasteiger partial charge < -0.3 is 19.7 Å². The number of rotatable bonds is 5. The number of nitrogens with zero attached hydrogens (tertiary/aromatic N) is 2. The van der Waals surface area contributed by atoms with Crippen LogP contribution in [0.25, 0.3) is 0 Å². The SMILES string of the molecule is Cc1ccccc1C(=O)N1[C@@H](C(=O)NC[C@H]2CCCO2)COC12CCN(C(=O)c1ccc(Cl)cc1)CC2. The average Bonchev–Trinajstić information content (AvgIpc) is 3.56. The lowest BCUT2D eigenvalue weighted by molar-refractivity contribution is -0.128. The van der Waals surface area contributed by atoms with Crippen molar-refractivity contribution in [3.05, 3.63) is 70.2 Å². The summed E-state index contributed by atoms with van der Waals surface area (Å²) >= 11 is 5.97. The zero-order chi connectivity index (χ0) is 26.0. The van der Waals surface area contributed by atoms with Crippen molar-refractivity contribution in [2.45, 2.75) is 50.5 Å². The van der Waals surface area contributed by atoms with E-state index < -0.39 is 11.8 Å². The number of nitrogens with one attached hydrogen (secondary N) is 1. The number of hydrogen-bond acceptors (Lipinski definition) is 5. The molecule has 3 amide bonds. The van der Waals surface area contributed by atoms with E-state index in [1.165, 1.54) is 0 Å². The summed E-state index contributed by atoms with van der Waals surface area (Å²) in [6.45, 7) is 3.93. The third-order valence-corrected chi connectivity index (χ3v) is 7.86. The molecule has 1 spiro atoms. The van der Waals surface area contributed by atoms with E-state index in [0.717, 1.165) is 18.4 Å². The topological polar surface area (TPSA) is 88.2 Å². The van der Waals surface area contributed by atoms with Crippen molar-refractivity contribution in [1.29, 1.82) is 0 Å². The second kappa shape index (κ2) is 10.8. The molecule has 3 aliphatic rings. The van der Waals surface area contributed by atoms with Gasteiger partial charge in [0.25, 0.3) is 11.8 Å². The number of piperidine rings is 1. The van der Waals surface area contributed by atoms with E-state index in [1.807, 2.05) is 25.1 Å². The van der Waals surface area contributed by atoms with Crippen LogP contribution in [0, 0.1) is 6.92 Å². The monoisotopic (exact) mass is 525 g/mol. The molecule has 3 heterocycles. The van der Waals surface area contributed by atoms with Crippen LogP contribution in [-0.4, -0.2) is 78.2 Å². The maximum Gasteiger partial charge on any atom is 0.257 e. The Kier molecular flexibility index (Phi) is 7.51. The number of amides is 3. The Bertz CT molecular complexity index is 1160. The van der Waals surface area contributed by atoms with Gasteiger partial charge >= 0.3 is 0 Å². The van der Waals surface area contributed by atoms with Crippen molar-refractivity contribution in [2.75, 3.05) is 32.8 Å². The molecule has 196 valence electrons. The summed E-state index contributed by atoms with van der Waals surface area (Å²) in [6, 6.07) is 13.4. The molecule has 2 aromatic carbocycles. The summed E-state index contributed by atoms with van der Waals surface area (Å²) in [5, 5.41) is 3.55. The van der Waals surface area contributed by atoms with Crippen LogP contribution in [0.2, 0.25) is 5.02 Å². The van der Waals surface area contributed by atoms with E-state index in [2.05, 4.69) is 5.32 Å². The van der Waals surface area contributed by atoms with Crippen LogP contribution in [0.15, 0.2) is 48.5 Å². The van der Waals surface area contributed by atoms with Crippen molar-refractivity contribution in [3.8, 4) is 0 Å². The lowest BCUT2D eigenvalue weighted by Crippen LogP contribution is -2.60. The molecule has 9 heteroatoms. The Labute approximate surface area is 221 Å². The largest absolute Gasteiger partial charge is 0.376 e. The first-order valence-electron chi connectivity index (χ1n) is 12.9. The third-order valence-electron chi connectivity index (χ3n) is 7.61. The minimum absolute atomic E-state index is 0.00266. The van der Waals surface area contributed by atoms with Gasteiger partial charge in [-0.25, -0.2) is 0 Å². The van der Waals surface area contributed by atoms with Crippen LogP contribution in [0.4, 0.5) is 0 Å². The summed E-state index contributed by atoms with van der Waals surface area (Å²) < 4.78 is 11.9. The van der Waals surface area contributed by atoms with Gasteiger partial charge in [-0.05, 0) is 55.7 Å². The fourth-order valence-electron chi connectivity index (χ4n) is 5.48. The Morgan fingerprint density at radius 3 is 2.46 bits per heavy atom. The molecule has 0 aromatic heterocycles. The fourth-order valence-corrected chi connectivity index (χ4v) is 5.61. The maximum atomic E-state index is 13.9. The van der Waals surface area contributed by atoms with E-state index in [1.54, 1.807) is 40.1 Å². The summed E-state index contributed by atoms with van der Waals surface area (Å²) in [5.74, 6) is -0.563. The third kappa shape index (κ3) is 5.23. The van der Waals surface area contributed by atoms with Gasteiger partial charge in [-0.3, -0.25) is 19.3 Å². The molecule has 0 unspecified atom stereocenters. The number of aryl methyl sites for hydroxylation is 1. The Balaban J connectivity index is 1.35. The molecule has 5 rings (SSSR count). The molecular weight excluding hydrogens is 494 g/mol. The minimum atomic E-state index is -0.956. The number of halogens is 1. The van der Waals surface area contributed by atoms with Gasteiger partial charge in [0.05, 0.1) is 12.7 Å². The first-order valence-corrected chi connectivity index (χ1v) is 13.2. The van der Waals surface area contributed by atoms with Crippen molar-refractivity contribution in [2.24, 2.45) is 0 Å². The number of ether oxygens (including phenoxy) is 2. The summed E-state index contributed by atoms with van der Waals surface area (Å²) in [6.07, 6.45) is 2.73. The second-order valence-corrected chi connectivity index (χ2v) is 10.4. The smallest absolute Gasteiger partial charge is 0.257 e. The molecule has 37 heavy (non-hydrogen) atoms. The first kappa shape index (κ1) is 25.7. The number of benzene rings is 2. The van der Waals surface area contributed by atoms with Gasteiger partial charge in [-0.15, -0.1) is 0 Å². The maximum absolute atomic E-state index is 13.9. The molecule has 3 saturated heterocycles. The van der Waals surface area contributed by atoms with Gasteiger partial charge in [0, 0.05) is 55.2 Å². The van der Waals surface area contributed by atoms with E-state index in [4.69, 9.17) is 21.1 Å². The van der Waals surface area contributed by atoms with Crippen LogP contribution in [0.3, 0.4) is 0 Å². The van der Waals surface area contributed by atoms with Crippen molar-refractivity contribution >= 4 is 29.3 Å². The van der Waals surface area contributed by atoms with E-state index >= 15 is 0 Å². The van der Waals surface area contributed by atoms with E-state index in [-0.39, 0.29) is 30.4 Å². The van der Waals surface area contributed by atoms with Gasteiger partial charge in [-0.1, -0.05) is 29.8 Å². The Hall–Kier alpha value is -2.94. The zero-order valence-electron chi connectivity index (χ0n) is 21.0. The molecule has 0 aliphatic carbocycles. The first-order chi connectivity index (χ1) is 17.9. The predicted octanol–water partition coefficient (Wildman–Crippen LogP) is 3.42. The summed E-state index contributed by atoms with van der Waals surface area (Å²) in [7, 11) is 0. The number of carbonyl (C=O) groups is 3. The number of carbonyl (C=O) groups excluding carboxylic acids is 3.